The lowest BCUT2D eigenvalue weighted by Crippen LogP contribution is -2.27. The number of hydrogen-bond acceptors (Lipinski definition) is 4. The predicted molar refractivity (Wildman–Crippen MR) is 101 cm³/mol. The van der Waals surface area contributed by atoms with E-state index in [0.717, 1.165) is 23.4 Å². The van der Waals surface area contributed by atoms with Crippen LogP contribution in [0.3, 0.4) is 0 Å². The molecule has 130 valence electrons. The van der Waals surface area contributed by atoms with Crippen molar-refractivity contribution >= 4 is 29.7 Å². The molecule has 6 heteroatoms. The molecule has 0 radical (unpaired) electrons. The van der Waals surface area contributed by atoms with Gasteiger partial charge in [0.1, 0.15) is 5.69 Å². The van der Waals surface area contributed by atoms with Crippen molar-refractivity contribution in [3.05, 3.63) is 51.0 Å². The number of fused-ring (bicyclic) bond motifs is 1. The third-order valence-corrected chi connectivity index (χ3v) is 5.27. The van der Waals surface area contributed by atoms with Gasteiger partial charge in [0.2, 0.25) is 0 Å². The van der Waals surface area contributed by atoms with Gasteiger partial charge in [0.25, 0.3) is 5.91 Å². The summed E-state index contributed by atoms with van der Waals surface area (Å²) in [6.07, 6.45) is 5.60. The Balaban J connectivity index is 0.00000208. The fourth-order valence-electron chi connectivity index (χ4n) is 3.03. The molecule has 1 unspecified atom stereocenters. The van der Waals surface area contributed by atoms with Gasteiger partial charge in [-0.2, -0.15) is 0 Å². The smallest absolute Gasteiger partial charge is 0.271 e. The van der Waals surface area contributed by atoms with Gasteiger partial charge in [0, 0.05) is 11.8 Å². The van der Waals surface area contributed by atoms with Gasteiger partial charge < -0.3 is 11.1 Å². The van der Waals surface area contributed by atoms with Crippen molar-refractivity contribution in [2.24, 2.45) is 5.73 Å². The predicted octanol–water partition coefficient (Wildman–Crippen LogP) is 3.44. The van der Waals surface area contributed by atoms with E-state index in [0.29, 0.717) is 12.2 Å². The van der Waals surface area contributed by atoms with Crippen LogP contribution in [0.1, 0.15) is 58.0 Å². The number of aromatic nitrogens is 1. The van der Waals surface area contributed by atoms with Crippen LogP contribution in [0.2, 0.25) is 0 Å². The largest absolute Gasteiger partial charge is 0.344 e. The molecular weight excluding hydrogens is 342 g/mol. The highest BCUT2D eigenvalue weighted by atomic mass is 35.5. The topological polar surface area (TPSA) is 68.0 Å². The minimum atomic E-state index is -0.116. The Morgan fingerprint density at radius 3 is 2.83 bits per heavy atom. The van der Waals surface area contributed by atoms with E-state index >= 15 is 0 Å². The van der Waals surface area contributed by atoms with Crippen molar-refractivity contribution in [2.75, 3.05) is 6.54 Å². The lowest BCUT2D eigenvalue weighted by atomic mass is 9.89. The number of benzene rings is 1. The number of rotatable bonds is 5. The Kier molecular flexibility index (Phi) is 6.78. The van der Waals surface area contributed by atoms with Crippen molar-refractivity contribution in [1.29, 1.82) is 0 Å². The average molecular weight is 366 g/mol. The Morgan fingerprint density at radius 1 is 1.33 bits per heavy atom. The van der Waals surface area contributed by atoms with Gasteiger partial charge in [-0.3, -0.25) is 4.79 Å². The second-order valence-electron chi connectivity index (χ2n) is 6.10. The molecule has 2 aromatic rings. The van der Waals surface area contributed by atoms with E-state index in [9.17, 15) is 4.79 Å². The van der Waals surface area contributed by atoms with Crippen molar-refractivity contribution in [1.82, 2.24) is 10.3 Å². The number of thiazole rings is 1. The number of carbonyl (C=O) groups is 1. The van der Waals surface area contributed by atoms with E-state index < -0.39 is 0 Å². The molecule has 0 fully saturated rings. The molecule has 1 aliphatic carbocycles. The number of carbonyl (C=O) groups excluding carboxylic acids is 1. The summed E-state index contributed by atoms with van der Waals surface area (Å²) >= 11 is 1.49. The molecule has 24 heavy (non-hydrogen) atoms. The second-order valence-corrected chi connectivity index (χ2v) is 7.04. The van der Waals surface area contributed by atoms with Crippen LogP contribution in [0.5, 0.6) is 0 Å². The van der Waals surface area contributed by atoms with Crippen LogP contribution in [0.4, 0.5) is 0 Å². The van der Waals surface area contributed by atoms with Crippen molar-refractivity contribution < 1.29 is 4.79 Å². The van der Waals surface area contributed by atoms with Crippen LogP contribution in [0.25, 0.3) is 0 Å². The fraction of sp³-hybridized carbons (Fsp3) is 0.444. The second kappa shape index (κ2) is 8.60. The molecule has 0 saturated heterocycles. The molecule has 0 aliphatic heterocycles. The monoisotopic (exact) mass is 365 g/mol. The number of nitrogens with one attached hydrogen (secondary N) is 1. The Hall–Kier alpha value is -1.43. The Morgan fingerprint density at radius 2 is 2.08 bits per heavy atom. The van der Waals surface area contributed by atoms with Gasteiger partial charge in [0.05, 0.1) is 11.0 Å². The molecule has 0 spiro atoms. The summed E-state index contributed by atoms with van der Waals surface area (Å²) in [6, 6.07) is 6.58. The van der Waals surface area contributed by atoms with Gasteiger partial charge >= 0.3 is 0 Å². The maximum absolute atomic E-state index is 12.3. The normalized spacial score (nSPS) is 14.4. The first-order valence-electron chi connectivity index (χ1n) is 8.24. The third kappa shape index (κ3) is 4.35. The van der Waals surface area contributed by atoms with Crippen LogP contribution in [-0.4, -0.2) is 17.4 Å². The summed E-state index contributed by atoms with van der Waals surface area (Å²) in [7, 11) is 0. The summed E-state index contributed by atoms with van der Waals surface area (Å²) in [5, 5.41) is 5.77. The standard InChI is InChI=1S/C18H23N3OS.ClH/c1-12(14-7-6-13-4-2-3-5-15(13)10-14)20-18(22)16-11-23-17(21-16)8-9-19;/h6-7,10-12H,2-5,8-9,19H2,1H3,(H,20,22);1H. The maximum Gasteiger partial charge on any atom is 0.271 e. The van der Waals surface area contributed by atoms with Crippen LogP contribution >= 0.6 is 23.7 Å². The molecule has 1 heterocycles. The molecule has 4 nitrogen and oxygen atoms in total. The SMILES string of the molecule is CC(NC(=O)c1csc(CCN)n1)c1ccc2c(c1)CCCC2.Cl. The van der Waals surface area contributed by atoms with Crippen molar-refractivity contribution in [3.63, 3.8) is 0 Å². The van der Waals surface area contributed by atoms with E-state index in [1.165, 1.54) is 41.7 Å². The number of hydrogen-bond donors (Lipinski definition) is 2. The highest BCUT2D eigenvalue weighted by Gasteiger charge is 2.16. The van der Waals surface area contributed by atoms with Gasteiger partial charge in [0.15, 0.2) is 0 Å². The van der Waals surface area contributed by atoms with Gasteiger partial charge in [-0.1, -0.05) is 18.2 Å². The summed E-state index contributed by atoms with van der Waals surface area (Å²) in [4.78, 5) is 16.7. The zero-order valence-corrected chi connectivity index (χ0v) is 15.5. The molecular formula is C18H24ClN3OS. The van der Waals surface area contributed by atoms with Crippen molar-refractivity contribution in [3.8, 4) is 0 Å². The molecule has 1 aliphatic rings. The first kappa shape index (κ1) is 18.9. The van der Waals surface area contributed by atoms with Crippen LogP contribution < -0.4 is 11.1 Å². The average Bonchev–Trinajstić information content (AvgIpc) is 3.03. The van der Waals surface area contributed by atoms with Crippen LogP contribution in [-0.2, 0) is 19.3 Å². The lowest BCUT2D eigenvalue weighted by molar-refractivity contribution is 0.0935. The Bertz CT molecular complexity index is 701. The van der Waals surface area contributed by atoms with E-state index in [4.69, 9.17) is 5.73 Å². The quantitative estimate of drug-likeness (QED) is 0.852. The van der Waals surface area contributed by atoms with Crippen LogP contribution in [0.15, 0.2) is 23.6 Å². The van der Waals surface area contributed by atoms with Crippen molar-refractivity contribution in [2.45, 2.75) is 45.1 Å². The number of nitrogens with zero attached hydrogens (tertiary/aromatic N) is 1. The molecule has 1 atom stereocenters. The number of halogens is 1. The summed E-state index contributed by atoms with van der Waals surface area (Å²) < 4.78 is 0. The van der Waals surface area contributed by atoms with E-state index in [1.807, 2.05) is 6.92 Å². The molecule has 0 saturated carbocycles. The first-order chi connectivity index (χ1) is 11.2. The molecule has 1 aromatic heterocycles. The van der Waals surface area contributed by atoms with E-state index in [1.54, 1.807) is 5.38 Å². The zero-order valence-electron chi connectivity index (χ0n) is 13.9. The summed E-state index contributed by atoms with van der Waals surface area (Å²) in [5.41, 5.74) is 10.1. The molecule has 3 rings (SSSR count). The van der Waals surface area contributed by atoms with Crippen LogP contribution in [0, 0.1) is 0 Å². The fourth-order valence-corrected chi connectivity index (χ4v) is 3.82. The maximum atomic E-state index is 12.3. The molecule has 1 aromatic carbocycles. The first-order valence-corrected chi connectivity index (χ1v) is 9.12. The highest BCUT2D eigenvalue weighted by Crippen LogP contribution is 2.25. The minimum absolute atomic E-state index is 0. The van der Waals surface area contributed by atoms with E-state index in [2.05, 4.69) is 28.5 Å². The minimum Gasteiger partial charge on any atom is -0.344 e. The van der Waals surface area contributed by atoms with Gasteiger partial charge in [-0.05, 0) is 55.8 Å². The Labute approximate surface area is 153 Å². The lowest BCUT2D eigenvalue weighted by Gasteiger charge is -2.19. The van der Waals surface area contributed by atoms with E-state index in [-0.39, 0.29) is 24.4 Å². The zero-order chi connectivity index (χ0) is 16.2. The number of aryl methyl sites for hydroxylation is 2. The summed E-state index contributed by atoms with van der Waals surface area (Å²) in [5.74, 6) is -0.116. The van der Waals surface area contributed by atoms with Gasteiger partial charge in [-0.15, -0.1) is 23.7 Å². The molecule has 3 N–H and O–H groups in total. The molecule has 1 amide bonds. The third-order valence-electron chi connectivity index (χ3n) is 4.36. The number of nitrogens with two attached hydrogens (primary N) is 1. The summed E-state index contributed by atoms with van der Waals surface area (Å²) in [6.45, 7) is 2.58. The highest BCUT2D eigenvalue weighted by molar-refractivity contribution is 7.09. The number of amides is 1. The van der Waals surface area contributed by atoms with Gasteiger partial charge in [-0.25, -0.2) is 4.98 Å². The molecule has 0 bridgehead atoms.